The van der Waals surface area contributed by atoms with Gasteiger partial charge in [0.1, 0.15) is 18.4 Å². The molecule has 1 N–H and O–H groups in total. The number of hydrogen-bond donors (Lipinski definition) is 1. The largest absolute Gasteiger partial charge is 0.489 e. The average Bonchev–Trinajstić information content (AvgIpc) is 3.33. The van der Waals surface area contributed by atoms with Gasteiger partial charge < -0.3 is 14.8 Å². The first kappa shape index (κ1) is 23.1. The number of benzene rings is 2. The predicted molar refractivity (Wildman–Crippen MR) is 132 cm³/mol. The number of aromatic nitrogens is 4. The summed E-state index contributed by atoms with van der Waals surface area (Å²) in [6, 6.07) is 15.4. The summed E-state index contributed by atoms with van der Waals surface area (Å²) in [6.45, 7) is 7.32. The summed E-state index contributed by atoms with van der Waals surface area (Å²) >= 11 is 0. The number of nitrogens with zero attached hydrogens (tertiary/aromatic N) is 4. The molecule has 182 valence electrons. The van der Waals surface area contributed by atoms with Crippen molar-refractivity contribution in [3.05, 3.63) is 76.5 Å². The zero-order chi connectivity index (χ0) is 24.6. The van der Waals surface area contributed by atoms with E-state index in [1.165, 1.54) is 18.4 Å². The van der Waals surface area contributed by atoms with E-state index < -0.39 is 0 Å². The summed E-state index contributed by atoms with van der Waals surface area (Å²) in [4.78, 5) is 11.6. The van der Waals surface area contributed by atoms with Crippen LogP contribution in [0.5, 0.6) is 5.75 Å². The van der Waals surface area contributed by atoms with Gasteiger partial charge in [-0.15, -0.1) is 0 Å². The van der Waals surface area contributed by atoms with Crippen LogP contribution in [-0.4, -0.2) is 33.3 Å². The summed E-state index contributed by atoms with van der Waals surface area (Å²) < 4.78 is 12.6. The van der Waals surface area contributed by atoms with Gasteiger partial charge in [0.25, 0.3) is 0 Å². The van der Waals surface area contributed by atoms with Gasteiger partial charge in [0.15, 0.2) is 0 Å². The van der Waals surface area contributed by atoms with Crippen molar-refractivity contribution in [2.45, 2.75) is 52.7 Å². The maximum Gasteiger partial charge on any atom is 0.337 e. The highest BCUT2D eigenvalue weighted by Gasteiger charge is 2.39. The van der Waals surface area contributed by atoms with Crippen molar-refractivity contribution in [2.24, 2.45) is 11.3 Å². The number of methoxy groups -OCH3 is 1. The van der Waals surface area contributed by atoms with Gasteiger partial charge in [0.05, 0.1) is 12.7 Å². The van der Waals surface area contributed by atoms with Crippen LogP contribution in [0.25, 0.3) is 0 Å². The summed E-state index contributed by atoms with van der Waals surface area (Å²) in [5.74, 6) is 1.57. The molecule has 8 nitrogen and oxygen atoms in total. The van der Waals surface area contributed by atoms with Gasteiger partial charge in [-0.05, 0) is 76.1 Å². The molecule has 2 atom stereocenters. The lowest BCUT2D eigenvalue weighted by Gasteiger charge is -2.42. The molecule has 0 amide bonds. The molecule has 0 saturated carbocycles. The zero-order valence-electron chi connectivity index (χ0n) is 20.6. The number of allylic oxidation sites excluding steroid dienone is 2. The SMILES string of the molecule is COC(=O)c1ccc(COc2ccc([C@@H]3C4=C(Nc5nnnn53)[C@@H](C(C)(C)C)CCC4)cc2)cc1. The number of ether oxygens (including phenoxy) is 2. The van der Waals surface area contributed by atoms with E-state index in [0.29, 0.717) is 24.0 Å². The third-order valence-electron chi connectivity index (χ3n) is 6.97. The first-order valence-electron chi connectivity index (χ1n) is 12.0. The highest BCUT2D eigenvalue weighted by atomic mass is 16.5. The number of tetrazole rings is 1. The summed E-state index contributed by atoms with van der Waals surface area (Å²) in [5.41, 5.74) is 5.44. The zero-order valence-corrected chi connectivity index (χ0v) is 20.6. The van der Waals surface area contributed by atoms with Gasteiger partial charge in [-0.25, -0.2) is 4.79 Å². The fourth-order valence-corrected chi connectivity index (χ4v) is 5.15. The van der Waals surface area contributed by atoms with Crippen LogP contribution in [0.2, 0.25) is 0 Å². The van der Waals surface area contributed by atoms with Crippen LogP contribution in [0.1, 0.15) is 67.6 Å². The minimum absolute atomic E-state index is 0.0266. The third kappa shape index (κ3) is 4.52. The topological polar surface area (TPSA) is 91.2 Å². The van der Waals surface area contributed by atoms with Crippen molar-refractivity contribution in [1.29, 1.82) is 0 Å². The molecule has 2 heterocycles. The molecule has 35 heavy (non-hydrogen) atoms. The van der Waals surface area contributed by atoms with E-state index >= 15 is 0 Å². The van der Waals surface area contributed by atoms with E-state index in [0.717, 1.165) is 36.1 Å². The first-order chi connectivity index (χ1) is 16.8. The van der Waals surface area contributed by atoms with E-state index in [4.69, 9.17) is 9.47 Å². The smallest absolute Gasteiger partial charge is 0.337 e. The second-order valence-electron chi connectivity index (χ2n) is 10.3. The second-order valence-corrected chi connectivity index (χ2v) is 10.3. The Balaban J connectivity index is 1.36. The Morgan fingerprint density at radius 1 is 1.11 bits per heavy atom. The fourth-order valence-electron chi connectivity index (χ4n) is 5.15. The Bertz CT molecular complexity index is 1240. The molecule has 8 heteroatoms. The van der Waals surface area contributed by atoms with Gasteiger partial charge in [0.2, 0.25) is 5.95 Å². The number of anilines is 1. The van der Waals surface area contributed by atoms with Crippen LogP contribution in [0.3, 0.4) is 0 Å². The van der Waals surface area contributed by atoms with Gasteiger partial charge >= 0.3 is 5.97 Å². The fraction of sp³-hybridized carbons (Fsp3) is 0.407. The number of esters is 1. The van der Waals surface area contributed by atoms with Gasteiger partial charge in [-0.1, -0.05) is 50.1 Å². The van der Waals surface area contributed by atoms with Crippen LogP contribution >= 0.6 is 0 Å². The Morgan fingerprint density at radius 2 is 1.86 bits per heavy atom. The molecule has 0 fully saturated rings. The normalized spacial score (nSPS) is 19.4. The second kappa shape index (κ2) is 9.17. The summed E-state index contributed by atoms with van der Waals surface area (Å²) in [5, 5.41) is 16.1. The monoisotopic (exact) mass is 473 g/mol. The van der Waals surface area contributed by atoms with Crippen molar-refractivity contribution in [1.82, 2.24) is 20.2 Å². The predicted octanol–water partition coefficient (Wildman–Crippen LogP) is 5.15. The molecular formula is C27H31N5O3. The van der Waals surface area contributed by atoms with Crippen LogP contribution in [0.15, 0.2) is 59.8 Å². The molecule has 1 aliphatic carbocycles. The molecule has 1 aliphatic heterocycles. The summed E-state index contributed by atoms with van der Waals surface area (Å²) in [6.07, 6.45) is 3.35. The lowest BCUT2D eigenvalue weighted by Crippen LogP contribution is -2.35. The number of nitrogens with one attached hydrogen (secondary N) is 1. The van der Waals surface area contributed by atoms with Crippen molar-refractivity contribution < 1.29 is 14.3 Å². The molecule has 5 rings (SSSR count). The highest BCUT2D eigenvalue weighted by molar-refractivity contribution is 5.89. The molecule has 0 radical (unpaired) electrons. The standard InChI is InChI=1S/C27H31N5O3/c1-27(2,3)22-7-5-6-21-23(22)28-26-29-30-31-32(26)24(21)18-12-14-20(15-13-18)35-16-17-8-10-19(11-9-17)25(33)34-4/h8-15,22,24H,5-7,16H2,1-4H3,(H,28,29,31)/t22-,24+/m0/s1. The molecule has 2 aliphatic rings. The van der Waals surface area contributed by atoms with E-state index in [9.17, 15) is 4.79 Å². The number of fused-ring (bicyclic) bond motifs is 1. The summed E-state index contributed by atoms with van der Waals surface area (Å²) in [7, 11) is 1.38. The maximum atomic E-state index is 11.6. The van der Waals surface area contributed by atoms with Gasteiger partial charge in [-0.3, -0.25) is 0 Å². The van der Waals surface area contributed by atoms with E-state index in [1.807, 2.05) is 28.9 Å². The molecule has 0 spiro atoms. The number of rotatable bonds is 5. The number of hydrogen-bond acceptors (Lipinski definition) is 7. The Labute approximate surface area is 205 Å². The molecule has 2 aromatic carbocycles. The van der Waals surface area contributed by atoms with Gasteiger partial charge in [-0.2, -0.15) is 4.68 Å². The quantitative estimate of drug-likeness (QED) is 0.512. The molecular weight excluding hydrogens is 442 g/mol. The average molecular weight is 474 g/mol. The lowest BCUT2D eigenvalue weighted by molar-refractivity contribution is 0.0600. The van der Waals surface area contributed by atoms with Crippen LogP contribution < -0.4 is 10.1 Å². The van der Waals surface area contributed by atoms with E-state index in [1.54, 1.807) is 12.1 Å². The maximum absolute atomic E-state index is 11.6. The van der Waals surface area contributed by atoms with E-state index in [-0.39, 0.29) is 17.4 Å². The number of carbonyl (C=O) groups is 1. The van der Waals surface area contributed by atoms with Gasteiger partial charge in [0, 0.05) is 11.6 Å². The van der Waals surface area contributed by atoms with Crippen LogP contribution in [0, 0.1) is 11.3 Å². The minimum atomic E-state index is -0.346. The Hall–Kier alpha value is -3.68. The highest BCUT2D eigenvalue weighted by Crippen LogP contribution is 2.48. The Morgan fingerprint density at radius 3 is 2.54 bits per heavy atom. The molecule has 0 saturated heterocycles. The molecule has 1 aromatic heterocycles. The van der Waals surface area contributed by atoms with Crippen LogP contribution in [-0.2, 0) is 11.3 Å². The van der Waals surface area contributed by atoms with Crippen molar-refractivity contribution in [3.8, 4) is 5.75 Å². The van der Waals surface area contributed by atoms with E-state index in [2.05, 4.69) is 53.7 Å². The number of carbonyl (C=O) groups excluding carboxylic acids is 1. The third-order valence-corrected chi connectivity index (χ3v) is 6.97. The minimum Gasteiger partial charge on any atom is -0.489 e. The molecule has 0 bridgehead atoms. The molecule has 3 aromatic rings. The van der Waals surface area contributed by atoms with Crippen LogP contribution in [0.4, 0.5) is 5.95 Å². The van der Waals surface area contributed by atoms with Crippen molar-refractivity contribution >= 4 is 11.9 Å². The Kier molecular flexibility index (Phi) is 6.05. The molecule has 0 unspecified atom stereocenters. The lowest BCUT2D eigenvalue weighted by atomic mass is 9.70. The van der Waals surface area contributed by atoms with Crippen molar-refractivity contribution in [3.63, 3.8) is 0 Å². The first-order valence-corrected chi connectivity index (χ1v) is 12.0. The van der Waals surface area contributed by atoms with Crippen molar-refractivity contribution in [2.75, 3.05) is 12.4 Å².